The molecule has 3 rings (SSSR count). The van der Waals surface area contributed by atoms with E-state index in [1.54, 1.807) is 12.1 Å². The van der Waals surface area contributed by atoms with Gasteiger partial charge in [-0.15, -0.1) is 0 Å². The fourth-order valence-electron chi connectivity index (χ4n) is 4.04. The minimum Gasteiger partial charge on any atom is -0.379 e. The summed E-state index contributed by atoms with van der Waals surface area (Å²) in [7, 11) is -3.46. The second-order valence-electron chi connectivity index (χ2n) is 7.91. The molecule has 2 heterocycles. The summed E-state index contributed by atoms with van der Waals surface area (Å²) in [4.78, 5) is 14.8. The number of amides is 1. The molecule has 2 saturated heterocycles. The maximum absolute atomic E-state index is 12.6. The Labute approximate surface area is 162 Å². The predicted octanol–water partition coefficient (Wildman–Crippen LogP) is 2.14. The van der Waals surface area contributed by atoms with Gasteiger partial charge >= 0.3 is 0 Å². The van der Waals surface area contributed by atoms with Crippen LogP contribution < -0.4 is 0 Å². The Bertz CT molecular complexity index is 732. The van der Waals surface area contributed by atoms with E-state index in [9.17, 15) is 13.2 Å². The van der Waals surface area contributed by atoms with Gasteiger partial charge in [0.25, 0.3) is 0 Å². The molecule has 2 atom stereocenters. The molecule has 0 radical (unpaired) electrons. The summed E-state index contributed by atoms with van der Waals surface area (Å²) < 4.78 is 32.0. The summed E-state index contributed by atoms with van der Waals surface area (Å²) in [5, 5.41) is 0. The highest BCUT2D eigenvalue weighted by molar-refractivity contribution is 7.89. The van der Waals surface area contributed by atoms with Crippen LogP contribution in [-0.4, -0.2) is 62.9 Å². The van der Waals surface area contributed by atoms with Gasteiger partial charge in [-0.3, -0.25) is 4.79 Å². The van der Waals surface area contributed by atoms with Crippen molar-refractivity contribution in [3.05, 3.63) is 29.8 Å². The van der Waals surface area contributed by atoms with Crippen molar-refractivity contribution in [2.45, 2.75) is 38.0 Å². The van der Waals surface area contributed by atoms with Gasteiger partial charge < -0.3 is 9.64 Å². The third-order valence-corrected chi connectivity index (χ3v) is 7.29. The van der Waals surface area contributed by atoms with Gasteiger partial charge in [0.15, 0.2) is 0 Å². The molecule has 0 bridgehead atoms. The lowest BCUT2D eigenvalue weighted by Crippen LogP contribution is -2.42. The SMILES string of the molecule is CC1CC(C)CN(C(=O)CCc2ccc(S(=O)(=O)N3CCOCC3)cc2)C1. The van der Waals surface area contributed by atoms with Crippen LogP contribution in [0.4, 0.5) is 0 Å². The van der Waals surface area contributed by atoms with Gasteiger partial charge in [0.2, 0.25) is 15.9 Å². The number of morpholine rings is 1. The van der Waals surface area contributed by atoms with Crippen molar-refractivity contribution >= 4 is 15.9 Å². The molecule has 1 aromatic carbocycles. The van der Waals surface area contributed by atoms with Crippen molar-refractivity contribution in [2.24, 2.45) is 11.8 Å². The molecule has 2 aliphatic rings. The van der Waals surface area contributed by atoms with E-state index in [1.165, 1.54) is 10.7 Å². The second-order valence-corrected chi connectivity index (χ2v) is 9.84. The number of piperidine rings is 1. The zero-order valence-corrected chi connectivity index (χ0v) is 17.1. The number of carbonyl (C=O) groups excluding carboxylic acids is 1. The standard InChI is InChI=1S/C20H30N2O4S/c1-16-13-17(2)15-21(14-16)20(23)8-5-18-3-6-19(7-4-18)27(24,25)22-9-11-26-12-10-22/h3-4,6-7,16-17H,5,8-15H2,1-2H3. The number of ether oxygens (including phenoxy) is 1. The molecule has 2 fully saturated rings. The van der Waals surface area contributed by atoms with E-state index in [2.05, 4.69) is 13.8 Å². The summed E-state index contributed by atoms with van der Waals surface area (Å²) >= 11 is 0. The van der Waals surface area contributed by atoms with Gasteiger partial charge in [0.05, 0.1) is 18.1 Å². The molecule has 0 aliphatic carbocycles. The molecule has 1 aromatic rings. The largest absolute Gasteiger partial charge is 0.379 e. The predicted molar refractivity (Wildman–Crippen MR) is 104 cm³/mol. The molecular weight excluding hydrogens is 364 g/mol. The number of nitrogens with zero attached hydrogens (tertiary/aromatic N) is 2. The highest BCUT2D eigenvalue weighted by Crippen LogP contribution is 2.22. The maximum Gasteiger partial charge on any atom is 0.243 e. The molecule has 7 heteroatoms. The van der Waals surface area contributed by atoms with Crippen molar-refractivity contribution in [1.29, 1.82) is 0 Å². The molecule has 27 heavy (non-hydrogen) atoms. The Morgan fingerprint density at radius 3 is 2.26 bits per heavy atom. The second kappa shape index (κ2) is 8.71. The summed E-state index contributed by atoms with van der Waals surface area (Å²) in [5.74, 6) is 1.31. The monoisotopic (exact) mass is 394 g/mol. The lowest BCUT2D eigenvalue weighted by molar-refractivity contribution is -0.133. The molecule has 1 amide bonds. The van der Waals surface area contributed by atoms with Crippen LogP contribution in [-0.2, 0) is 26.0 Å². The van der Waals surface area contributed by atoms with Crippen molar-refractivity contribution in [2.75, 3.05) is 39.4 Å². The van der Waals surface area contributed by atoms with Crippen molar-refractivity contribution in [1.82, 2.24) is 9.21 Å². The number of benzene rings is 1. The van der Waals surface area contributed by atoms with Crippen LogP contribution in [0.1, 0.15) is 32.3 Å². The molecule has 0 N–H and O–H groups in total. The maximum atomic E-state index is 12.6. The number of likely N-dealkylation sites (tertiary alicyclic amines) is 1. The summed E-state index contributed by atoms with van der Waals surface area (Å²) in [6.45, 7) is 7.75. The van der Waals surface area contributed by atoms with Gasteiger partial charge in [-0.2, -0.15) is 4.31 Å². The van der Waals surface area contributed by atoms with Crippen LogP contribution >= 0.6 is 0 Å². The first-order chi connectivity index (χ1) is 12.9. The van der Waals surface area contributed by atoms with Gasteiger partial charge in [-0.25, -0.2) is 8.42 Å². The Morgan fingerprint density at radius 1 is 1.07 bits per heavy atom. The third kappa shape index (κ3) is 5.09. The molecule has 150 valence electrons. The zero-order valence-electron chi connectivity index (χ0n) is 16.3. The zero-order chi connectivity index (χ0) is 19.4. The van der Waals surface area contributed by atoms with Crippen LogP contribution in [0, 0.1) is 11.8 Å². The van der Waals surface area contributed by atoms with Crippen molar-refractivity contribution < 1.29 is 17.9 Å². The fraction of sp³-hybridized carbons (Fsp3) is 0.650. The molecule has 0 saturated carbocycles. The highest BCUT2D eigenvalue weighted by Gasteiger charge is 2.27. The Kier molecular flexibility index (Phi) is 6.55. The number of aryl methyl sites for hydroxylation is 1. The van der Waals surface area contributed by atoms with Gasteiger partial charge in [-0.1, -0.05) is 26.0 Å². The van der Waals surface area contributed by atoms with Gasteiger partial charge in [0.1, 0.15) is 0 Å². The Hall–Kier alpha value is -1.44. The van der Waals surface area contributed by atoms with Crippen LogP contribution in [0.25, 0.3) is 0 Å². The lowest BCUT2D eigenvalue weighted by atomic mass is 9.91. The van der Waals surface area contributed by atoms with E-state index in [-0.39, 0.29) is 5.91 Å². The average Bonchev–Trinajstić information content (AvgIpc) is 2.66. The van der Waals surface area contributed by atoms with E-state index in [0.717, 1.165) is 18.7 Å². The number of rotatable bonds is 5. The lowest BCUT2D eigenvalue weighted by Gasteiger charge is -2.35. The van der Waals surface area contributed by atoms with E-state index in [1.807, 2.05) is 17.0 Å². The highest BCUT2D eigenvalue weighted by atomic mass is 32.2. The van der Waals surface area contributed by atoms with Gasteiger partial charge in [0, 0.05) is 32.6 Å². The van der Waals surface area contributed by atoms with Crippen molar-refractivity contribution in [3.8, 4) is 0 Å². The number of carbonyl (C=O) groups is 1. The fourth-order valence-corrected chi connectivity index (χ4v) is 5.45. The molecule has 0 aromatic heterocycles. The van der Waals surface area contributed by atoms with Crippen LogP contribution in [0.5, 0.6) is 0 Å². The first kappa shape index (κ1) is 20.3. The van der Waals surface area contributed by atoms with Gasteiger partial charge in [-0.05, 0) is 42.4 Å². The van der Waals surface area contributed by atoms with Crippen LogP contribution in [0.2, 0.25) is 0 Å². The Morgan fingerprint density at radius 2 is 1.67 bits per heavy atom. The summed E-state index contributed by atoms with van der Waals surface area (Å²) in [6.07, 6.45) is 2.29. The normalized spacial score (nSPS) is 24.7. The summed E-state index contributed by atoms with van der Waals surface area (Å²) in [6, 6.07) is 6.94. The van der Waals surface area contributed by atoms with E-state index in [4.69, 9.17) is 4.74 Å². The summed E-state index contributed by atoms with van der Waals surface area (Å²) in [5.41, 5.74) is 0.988. The molecular formula is C20H30N2O4S. The molecule has 0 spiro atoms. The molecule has 2 unspecified atom stereocenters. The quantitative estimate of drug-likeness (QED) is 0.767. The number of hydrogen-bond acceptors (Lipinski definition) is 4. The number of hydrogen-bond donors (Lipinski definition) is 0. The first-order valence-electron chi connectivity index (χ1n) is 9.81. The van der Waals surface area contributed by atoms with Crippen molar-refractivity contribution in [3.63, 3.8) is 0 Å². The van der Waals surface area contributed by atoms with Crippen LogP contribution in [0.15, 0.2) is 29.2 Å². The third-order valence-electron chi connectivity index (χ3n) is 5.38. The Balaban J connectivity index is 1.57. The average molecular weight is 395 g/mol. The van der Waals surface area contributed by atoms with E-state index < -0.39 is 10.0 Å². The molecule has 6 nitrogen and oxygen atoms in total. The first-order valence-corrected chi connectivity index (χ1v) is 11.2. The molecule has 2 aliphatic heterocycles. The minimum absolute atomic E-state index is 0.193. The van der Waals surface area contributed by atoms with E-state index in [0.29, 0.717) is 55.9 Å². The smallest absolute Gasteiger partial charge is 0.243 e. The van der Waals surface area contributed by atoms with Crippen LogP contribution in [0.3, 0.4) is 0 Å². The minimum atomic E-state index is -3.46. The van der Waals surface area contributed by atoms with E-state index >= 15 is 0 Å². The topological polar surface area (TPSA) is 66.9 Å². The number of sulfonamides is 1.